The van der Waals surface area contributed by atoms with Crippen molar-refractivity contribution in [3.8, 4) is 0 Å². The second kappa shape index (κ2) is 7.58. The number of nitrogens with zero attached hydrogens (tertiary/aromatic N) is 4. The third-order valence-electron chi connectivity index (χ3n) is 5.56. The zero-order valence-corrected chi connectivity index (χ0v) is 18.7. The molecule has 0 spiro atoms. The number of benzene rings is 1. The fourth-order valence-electron chi connectivity index (χ4n) is 4.00. The molecule has 0 saturated carbocycles. The fourth-order valence-corrected chi connectivity index (χ4v) is 4.79. The summed E-state index contributed by atoms with van der Waals surface area (Å²) >= 11 is 7.29. The number of fused-ring (bicyclic) bond motifs is 1. The van der Waals surface area contributed by atoms with Gasteiger partial charge in [0.25, 0.3) is 5.78 Å². The van der Waals surface area contributed by atoms with Gasteiger partial charge in [0.15, 0.2) is 10.9 Å². The quantitative estimate of drug-likeness (QED) is 0.270. The molecule has 1 aromatic carbocycles. The first-order chi connectivity index (χ1) is 15.4. The van der Waals surface area contributed by atoms with E-state index in [1.165, 1.54) is 16.2 Å². The van der Waals surface area contributed by atoms with Gasteiger partial charge >= 0.3 is 5.91 Å². The average molecular weight is 465 g/mol. The standard InChI is InChI=1S/C23H17ClN4O3S/c1-12-4-3-10-27-13(2)17(26-21(12)27)19(29)16-18(14-5-7-15(24)8-6-14)28(22(31)20(16)30)23-25-9-11-32-23/h3-11,18,29H,1-2H3. The van der Waals surface area contributed by atoms with Gasteiger partial charge in [-0.1, -0.05) is 29.8 Å². The Morgan fingerprint density at radius 3 is 2.56 bits per heavy atom. The number of ketones is 1. The predicted octanol–water partition coefficient (Wildman–Crippen LogP) is 4.69. The molecule has 0 aliphatic carbocycles. The number of halogens is 1. The number of anilines is 1. The Hall–Kier alpha value is -3.49. The number of imidazole rings is 1. The van der Waals surface area contributed by atoms with Gasteiger partial charge in [-0.2, -0.15) is 0 Å². The highest BCUT2D eigenvalue weighted by Gasteiger charge is 2.48. The lowest BCUT2D eigenvalue weighted by atomic mass is 9.96. The molecule has 1 N–H and O–H groups in total. The van der Waals surface area contributed by atoms with Crippen molar-refractivity contribution in [3.63, 3.8) is 0 Å². The molecular weight excluding hydrogens is 448 g/mol. The van der Waals surface area contributed by atoms with Crippen LogP contribution in [0, 0.1) is 13.8 Å². The van der Waals surface area contributed by atoms with E-state index in [9.17, 15) is 14.7 Å². The molecule has 1 unspecified atom stereocenters. The monoisotopic (exact) mass is 464 g/mol. The molecule has 5 rings (SSSR count). The molecule has 1 saturated heterocycles. The van der Waals surface area contributed by atoms with E-state index in [0.717, 1.165) is 5.56 Å². The fraction of sp³-hybridized carbons (Fsp3) is 0.130. The summed E-state index contributed by atoms with van der Waals surface area (Å²) in [5.41, 5.74) is 3.11. The molecule has 7 nitrogen and oxygen atoms in total. The first-order valence-electron chi connectivity index (χ1n) is 9.79. The lowest BCUT2D eigenvalue weighted by molar-refractivity contribution is -0.132. The maximum Gasteiger partial charge on any atom is 0.301 e. The Kier molecular flexibility index (Phi) is 4.83. The minimum absolute atomic E-state index is 0.0309. The number of amides is 1. The lowest BCUT2D eigenvalue weighted by Crippen LogP contribution is -2.29. The maximum atomic E-state index is 13.2. The molecular formula is C23H17ClN4O3S. The molecule has 32 heavy (non-hydrogen) atoms. The SMILES string of the molecule is Cc1cccn2c(C)c(C(O)=C3C(=O)C(=O)N(c4nccs4)C3c3ccc(Cl)cc3)nc12. The van der Waals surface area contributed by atoms with E-state index in [4.69, 9.17) is 11.6 Å². The van der Waals surface area contributed by atoms with Crippen LogP contribution in [0.15, 0.2) is 59.7 Å². The van der Waals surface area contributed by atoms with Crippen molar-refractivity contribution in [1.82, 2.24) is 14.4 Å². The number of hydrogen-bond acceptors (Lipinski definition) is 6. The Balaban J connectivity index is 1.77. The van der Waals surface area contributed by atoms with E-state index in [1.807, 2.05) is 36.6 Å². The number of aromatic nitrogens is 3. The van der Waals surface area contributed by atoms with Crippen LogP contribution in [-0.4, -0.2) is 31.2 Å². The number of rotatable bonds is 3. The van der Waals surface area contributed by atoms with Crippen molar-refractivity contribution >= 4 is 51.2 Å². The molecule has 4 heterocycles. The summed E-state index contributed by atoms with van der Waals surface area (Å²) in [7, 11) is 0. The smallest absolute Gasteiger partial charge is 0.301 e. The van der Waals surface area contributed by atoms with Crippen molar-refractivity contribution in [2.24, 2.45) is 0 Å². The number of thiazole rings is 1. The number of Topliss-reactive ketones (excluding diaryl/α,β-unsaturated/α-hetero) is 1. The first kappa shape index (κ1) is 20.4. The molecule has 1 aliphatic heterocycles. The molecule has 1 aliphatic rings. The van der Waals surface area contributed by atoms with Crippen LogP contribution in [0.5, 0.6) is 0 Å². The van der Waals surface area contributed by atoms with Crippen LogP contribution >= 0.6 is 22.9 Å². The Labute approximate surface area is 192 Å². The Morgan fingerprint density at radius 1 is 1.16 bits per heavy atom. The predicted molar refractivity (Wildman–Crippen MR) is 123 cm³/mol. The number of aliphatic hydroxyl groups is 1. The zero-order chi connectivity index (χ0) is 22.6. The van der Waals surface area contributed by atoms with Crippen molar-refractivity contribution in [1.29, 1.82) is 0 Å². The summed E-state index contributed by atoms with van der Waals surface area (Å²) in [6.07, 6.45) is 3.40. The molecule has 1 amide bonds. The van der Waals surface area contributed by atoms with Gasteiger partial charge in [-0.05, 0) is 43.2 Å². The van der Waals surface area contributed by atoms with E-state index >= 15 is 0 Å². The number of carbonyl (C=O) groups excluding carboxylic acids is 2. The molecule has 0 radical (unpaired) electrons. The molecule has 1 fully saturated rings. The normalized spacial score (nSPS) is 18.1. The molecule has 160 valence electrons. The third-order valence-corrected chi connectivity index (χ3v) is 6.59. The van der Waals surface area contributed by atoms with Crippen LogP contribution in [0.4, 0.5) is 5.13 Å². The second-order valence-corrected chi connectivity index (χ2v) is 8.78. The van der Waals surface area contributed by atoms with Crippen molar-refractivity contribution in [3.05, 3.63) is 87.3 Å². The highest BCUT2D eigenvalue weighted by Crippen LogP contribution is 2.43. The van der Waals surface area contributed by atoms with Crippen LogP contribution in [0.3, 0.4) is 0 Å². The van der Waals surface area contributed by atoms with Gasteiger partial charge in [-0.3, -0.25) is 14.5 Å². The number of pyridine rings is 1. The molecule has 4 aromatic rings. The largest absolute Gasteiger partial charge is 0.505 e. The van der Waals surface area contributed by atoms with E-state index < -0.39 is 17.7 Å². The van der Waals surface area contributed by atoms with Crippen LogP contribution in [0.25, 0.3) is 11.4 Å². The Bertz CT molecular complexity index is 1410. The number of hydrogen-bond donors (Lipinski definition) is 1. The minimum atomic E-state index is -0.858. The number of aryl methyl sites for hydroxylation is 2. The summed E-state index contributed by atoms with van der Waals surface area (Å²) < 4.78 is 1.85. The van der Waals surface area contributed by atoms with Crippen molar-refractivity contribution < 1.29 is 14.7 Å². The van der Waals surface area contributed by atoms with Crippen LogP contribution in [0.2, 0.25) is 5.02 Å². The highest BCUT2D eigenvalue weighted by molar-refractivity contribution is 7.14. The van der Waals surface area contributed by atoms with Crippen LogP contribution in [-0.2, 0) is 9.59 Å². The van der Waals surface area contributed by atoms with Crippen LogP contribution < -0.4 is 4.90 Å². The van der Waals surface area contributed by atoms with Gasteiger partial charge in [-0.15, -0.1) is 11.3 Å². The minimum Gasteiger partial charge on any atom is -0.505 e. The second-order valence-electron chi connectivity index (χ2n) is 7.47. The summed E-state index contributed by atoms with van der Waals surface area (Å²) in [5.74, 6) is -1.85. The molecule has 3 aromatic heterocycles. The summed E-state index contributed by atoms with van der Waals surface area (Å²) in [6, 6.07) is 9.76. The molecule has 0 bridgehead atoms. The van der Waals surface area contributed by atoms with E-state index in [0.29, 0.717) is 27.1 Å². The average Bonchev–Trinajstić information content (AvgIpc) is 3.48. The Morgan fingerprint density at radius 2 is 1.91 bits per heavy atom. The van der Waals surface area contributed by atoms with E-state index in [-0.39, 0.29) is 17.0 Å². The third kappa shape index (κ3) is 3.03. The maximum absolute atomic E-state index is 13.2. The number of carbonyl (C=O) groups is 2. The van der Waals surface area contributed by atoms with Gasteiger partial charge in [0.05, 0.1) is 17.3 Å². The molecule has 9 heteroatoms. The summed E-state index contributed by atoms with van der Waals surface area (Å²) in [5, 5.41) is 14.0. The number of aliphatic hydroxyl groups excluding tert-OH is 1. The lowest BCUT2D eigenvalue weighted by Gasteiger charge is -2.22. The van der Waals surface area contributed by atoms with Crippen LogP contribution in [0.1, 0.15) is 28.6 Å². The van der Waals surface area contributed by atoms with Gasteiger partial charge in [-0.25, -0.2) is 9.97 Å². The first-order valence-corrected chi connectivity index (χ1v) is 11.0. The molecule has 1 atom stereocenters. The highest BCUT2D eigenvalue weighted by atomic mass is 35.5. The van der Waals surface area contributed by atoms with Crippen molar-refractivity contribution in [2.75, 3.05) is 4.90 Å². The van der Waals surface area contributed by atoms with E-state index in [2.05, 4.69) is 9.97 Å². The van der Waals surface area contributed by atoms with Gasteiger partial charge in [0, 0.05) is 22.8 Å². The van der Waals surface area contributed by atoms with Gasteiger partial charge in [0.2, 0.25) is 0 Å². The zero-order valence-electron chi connectivity index (χ0n) is 17.1. The van der Waals surface area contributed by atoms with Crippen molar-refractivity contribution in [2.45, 2.75) is 19.9 Å². The van der Waals surface area contributed by atoms with Gasteiger partial charge < -0.3 is 9.51 Å². The summed E-state index contributed by atoms with van der Waals surface area (Å²) in [6.45, 7) is 3.73. The topological polar surface area (TPSA) is 87.8 Å². The van der Waals surface area contributed by atoms with Gasteiger partial charge in [0.1, 0.15) is 11.3 Å². The summed E-state index contributed by atoms with van der Waals surface area (Å²) in [4.78, 5) is 36.4. The van der Waals surface area contributed by atoms with E-state index in [1.54, 1.807) is 35.8 Å².